The number of carbonyl (C=O) groups is 2. The number of hydrogen-bond donors (Lipinski definition) is 3. The molecule has 0 aliphatic heterocycles. The molecule has 0 saturated carbocycles. The summed E-state index contributed by atoms with van der Waals surface area (Å²) in [6.07, 6.45) is 3.05. The molecule has 2 heterocycles. The molecule has 0 unspecified atom stereocenters. The number of pyridine rings is 1. The highest BCUT2D eigenvalue weighted by atomic mass is 16.5. The highest BCUT2D eigenvalue weighted by molar-refractivity contribution is 5.91. The summed E-state index contributed by atoms with van der Waals surface area (Å²) in [4.78, 5) is 27.8. The normalized spacial score (nSPS) is 10.2. The molecule has 3 aromatic rings. The molecule has 0 aliphatic rings. The molecule has 0 bridgehead atoms. The van der Waals surface area contributed by atoms with Crippen molar-refractivity contribution < 1.29 is 23.5 Å². The van der Waals surface area contributed by atoms with Gasteiger partial charge < -0.3 is 29.8 Å². The van der Waals surface area contributed by atoms with Crippen LogP contribution >= 0.6 is 0 Å². The van der Waals surface area contributed by atoms with Gasteiger partial charge in [-0.3, -0.25) is 4.79 Å². The zero-order chi connectivity index (χ0) is 21.2. The average molecular weight is 410 g/mol. The van der Waals surface area contributed by atoms with E-state index in [9.17, 15) is 9.59 Å². The van der Waals surface area contributed by atoms with E-state index in [1.165, 1.54) is 6.26 Å². The van der Waals surface area contributed by atoms with E-state index < -0.39 is 0 Å². The quantitative estimate of drug-likeness (QED) is 0.467. The average Bonchev–Trinajstić information content (AvgIpc) is 3.31. The molecule has 0 fully saturated rings. The third kappa shape index (κ3) is 6.26. The van der Waals surface area contributed by atoms with Gasteiger partial charge in [-0.25, -0.2) is 9.78 Å². The minimum absolute atomic E-state index is 0.228. The fourth-order valence-electron chi connectivity index (χ4n) is 2.45. The lowest BCUT2D eigenvalue weighted by atomic mass is 10.3. The Hall–Kier alpha value is -4.01. The molecule has 156 valence electrons. The van der Waals surface area contributed by atoms with Crippen LogP contribution in [0.15, 0.2) is 65.4 Å². The van der Waals surface area contributed by atoms with E-state index in [1.807, 2.05) is 18.2 Å². The van der Waals surface area contributed by atoms with Crippen LogP contribution in [0.4, 0.5) is 4.79 Å². The highest BCUT2D eigenvalue weighted by Crippen LogP contribution is 2.23. The van der Waals surface area contributed by atoms with Crippen LogP contribution in [0.3, 0.4) is 0 Å². The molecule has 2 aromatic heterocycles. The molecule has 3 N–H and O–H groups in total. The number of urea groups is 1. The van der Waals surface area contributed by atoms with Gasteiger partial charge >= 0.3 is 6.03 Å². The van der Waals surface area contributed by atoms with E-state index in [2.05, 4.69) is 20.9 Å². The number of hydrogen-bond acceptors (Lipinski definition) is 6. The first-order valence-electron chi connectivity index (χ1n) is 9.24. The van der Waals surface area contributed by atoms with Crippen molar-refractivity contribution in [1.82, 2.24) is 20.9 Å². The molecule has 0 aliphatic carbocycles. The maximum atomic E-state index is 11.8. The second-order valence-electron chi connectivity index (χ2n) is 6.13. The first kappa shape index (κ1) is 20.7. The summed E-state index contributed by atoms with van der Waals surface area (Å²) < 4.78 is 15.8. The Labute approximate surface area is 173 Å². The zero-order valence-corrected chi connectivity index (χ0v) is 16.4. The molecule has 3 amide bonds. The Bertz CT molecular complexity index is 958. The molecular formula is C21H22N4O5. The van der Waals surface area contributed by atoms with Gasteiger partial charge in [0.1, 0.15) is 11.5 Å². The molecular weight excluding hydrogens is 388 g/mol. The Balaban J connectivity index is 1.36. The second kappa shape index (κ2) is 10.5. The predicted molar refractivity (Wildman–Crippen MR) is 109 cm³/mol. The number of rotatable bonds is 9. The van der Waals surface area contributed by atoms with Crippen LogP contribution in [-0.4, -0.2) is 37.1 Å². The maximum absolute atomic E-state index is 11.8. The van der Waals surface area contributed by atoms with Crippen LogP contribution in [0.25, 0.3) is 0 Å². The summed E-state index contributed by atoms with van der Waals surface area (Å²) >= 11 is 0. The van der Waals surface area contributed by atoms with E-state index in [1.54, 1.807) is 43.6 Å². The minimum Gasteiger partial charge on any atom is -0.497 e. The molecule has 9 nitrogen and oxygen atoms in total. The van der Waals surface area contributed by atoms with Gasteiger partial charge in [-0.15, -0.1) is 0 Å². The van der Waals surface area contributed by atoms with Crippen molar-refractivity contribution in [2.75, 3.05) is 20.2 Å². The van der Waals surface area contributed by atoms with Gasteiger partial charge in [0.25, 0.3) is 5.91 Å². The lowest BCUT2D eigenvalue weighted by molar-refractivity contribution is 0.0926. The molecule has 0 saturated heterocycles. The van der Waals surface area contributed by atoms with Crippen molar-refractivity contribution >= 4 is 11.9 Å². The van der Waals surface area contributed by atoms with Crippen LogP contribution in [0, 0.1) is 0 Å². The van der Waals surface area contributed by atoms with Crippen molar-refractivity contribution in [1.29, 1.82) is 0 Å². The van der Waals surface area contributed by atoms with E-state index in [0.29, 0.717) is 23.9 Å². The molecule has 0 spiro atoms. The summed E-state index contributed by atoms with van der Waals surface area (Å²) in [7, 11) is 1.59. The Morgan fingerprint density at radius 3 is 2.57 bits per heavy atom. The Kier molecular flexibility index (Phi) is 7.26. The topological polar surface area (TPSA) is 115 Å². The molecule has 1 aromatic carbocycles. The van der Waals surface area contributed by atoms with E-state index in [-0.39, 0.29) is 30.8 Å². The summed E-state index contributed by atoms with van der Waals surface area (Å²) in [5.41, 5.74) is 0.814. The summed E-state index contributed by atoms with van der Waals surface area (Å²) in [6, 6.07) is 13.6. The smallest absolute Gasteiger partial charge is 0.315 e. The number of aromatic nitrogens is 1. The number of methoxy groups -OCH3 is 1. The fourth-order valence-corrected chi connectivity index (χ4v) is 2.45. The number of nitrogens with zero attached hydrogens (tertiary/aromatic N) is 1. The SMILES string of the molecule is COc1cccc(Oc2ccc(CNC(=O)NCCNC(=O)c3ccco3)cn2)c1. The van der Waals surface area contributed by atoms with Crippen molar-refractivity contribution in [2.24, 2.45) is 0 Å². The number of benzene rings is 1. The Morgan fingerprint density at radius 2 is 1.83 bits per heavy atom. The van der Waals surface area contributed by atoms with Crippen molar-refractivity contribution in [2.45, 2.75) is 6.54 Å². The first-order valence-corrected chi connectivity index (χ1v) is 9.24. The number of amides is 3. The van der Waals surface area contributed by atoms with Crippen LogP contribution in [-0.2, 0) is 6.54 Å². The second-order valence-corrected chi connectivity index (χ2v) is 6.13. The van der Waals surface area contributed by atoms with Crippen LogP contribution < -0.4 is 25.4 Å². The van der Waals surface area contributed by atoms with Crippen molar-refractivity contribution in [3.63, 3.8) is 0 Å². The largest absolute Gasteiger partial charge is 0.497 e. The van der Waals surface area contributed by atoms with Gasteiger partial charge in [-0.1, -0.05) is 12.1 Å². The van der Waals surface area contributed by atoms with Gasteiger partial charge in [0.15, 0.2) is 5.76 Å². The standard InChI is InChI=1S/C21H22N4O5/c1-28-16-4-2-5-17(12-16)30-19-8-7-15(13-24-19)14-25-21(27)23-10-9-22-20(26)18-6-3-11-29-18/h2-8,11-13H,9-10,14H2,1H3,(H,22,26)(H2,23,25,27). The lowest BCUT2D eigenvalue weighted by Crippen LogP contribution is -2.40. The first-order chi connectivity index (χ1) is 14.6. The summed E-state index contributed by atoms with van der Waals surface area (Å²) in [5.74, 6) is 1.64. The molecule has 3 rings (SSSR count). The molecule has 0 radical (unpaired) electrons. The monoisotopic (exact) mass is 410 g/mol. The Morgan fingerprint density at radius 1 is 1.00 bits per heavy atom. The lowest BCUT2D eigenvalue weighted by Gasteiger charge is -2.09. The van der Waals surface area contributed by atoms with Crippen LogP contribution in [0.5, 0.6) is 17.4 Å². The van der Waals surface area contributed by atoms with Crippen molar-refractivity contribution in [3.05, 3.63) is 72.3 Å². The fraction of sp³-hybridized carbons (Fsp3) is 0.190. The maximum Gasteiger partial charge on any atom is 0.315 e. The number of furan rings is 1. The highest BCUT2D eigenvalue weighted by Gasteiger charge is 2.07. The predicted octanol–water partition coefficient (Wildman–Crippen LogP) is 2.70. The summed E-state index contributed by atoms with van der Waals surface area (Å²) in [5, 5.41) is 8.02. The van der Waals surface area contributed by atoms with E-state index in [0.717, 1.165) is 5.56 Å². The third-order valence-corrected chi connectivity index (χ3v) is 3.96. The van der Waals surface area contributed by atoms with E-state index in [4.69, 9.17) is 13.9 Å². The van der Waals surface area contributed by atoms with Gasteiger partial charge in [-0.2, -0.15) is 0 Å². The van der Waals surface area contributed by atoms with Crippen molar-refractivity contribution in [3.8, 4) is 17.4 Å². The number of carbonyl (C=O) groups excluding carboxylic acids is 2. The van der Waals surface area contributed by atoms with Crippen LogP contribution in [0.1, 0.15) is 16.1 Å². The molecule has 9 heteroatoms. The van der Waals surface area contributed by atoms with E-state index >= 15 is 0 Å². The van der Waals surface area contributed by atoms with Gasteiger partial charge in [0.05, 0.1) is 13.4 Å². The minimum atomic E-state index is -0.348. The zero-order valence-electron chi connectivity index (χ0n) is 16.4. The van der Waals surface area contributed by atoms with Gasteiger partial charge in [0, 0.05) is 38.0 Å². The van der Waals surface area contributed by atoms with Gasteiger partial charge in [-0.05, 0) is 29.8 Å². The number of nitrogens with one attached hydrogen (secondary N) is 3. The third-order valence-electron chi connectivity index (χ3n) is 3.96. The molecule has 0 atom stereocenters. The van der Waals surface area contributed by atoms with Crippen LogP contribution in [0.2, 0.25) is 0 Å². The number of ether oxygens (including phenoxy) is 2. The summed E-state index contributed by atoms with van der Waals surface area (Å²) in [6.45, 7) is 0.867. The molecule has 30 heavy (non-hydrogen) atoms. The van der Waals surface area contributed by atoms with Gasteiger partial charge in [0.2, 0.25) is 5.88 Å².